The molecule has 154 valence electrons. The number of nitrogens with zero attached hydrogens (tertiary/aromatic N) is 6. The summed E-state index contributed by atoms with van der Waals surface area (Å²) in [7, 11) is 1.80. The highest BCUT2D eigenvalue weighted by Crippen LogP contribution is 2.21. The van der Waals surface area contributed by atoms with Crippen LogP contribution in [0.4, 0.5) is 0 Å². The zero-order valence-electron chi connectivity index (χ0n) is 16.9. The largest absolute Gasteiger partial charge is 0.336 e. The molecule has 2 aromatic heterocycles. The zero-order valence-corrected chi connectivity index (χ0v) is 16.9. The predicted molar refractivity (Wildman–Crippen MR) is 112 cm³/mol. The van der Waals surface area contributed by atoms with E-state index >= 15 is 0 Å². The summed E-state index contributed by atoms with van der Waals surface area (Å²) in [4.78, 5) is 31.5. The van der Waals surface area contributed by atoms with Gasteiger partial charge >= 0.3 is 0 Å². The number of carbonyl (C=O) groups is 2. The second kappa shape index (κ2) is 8.86. The summed E-state index contributed by atoms with van der Waals surface area (Å²) in [6.45, 7) is 1.52. The molecule has 0 radical (unpaired) electrons. The Morgan fingerprint density at radius 3 is 2.83 bits per heavy atom. The van der Waals surface area contributed by atoms with Crippen LogP contribution in [-0.2, 0) is 13.6 Å². The van der Waals surface area contributed by atoms with Crippen molar-refractivity contribution in [2.75, 3.05) is 13.1 Å². The Bertz CT molecular complexity index is 1050. The minimum Gasteiger partial charge on any atom is -0.336 e. The third kappa shape index (κ3) is 4.37. The summed E-state index contributed by atoms with van der Waals surface area (Å²) in [5, 5.41) is 8.09. The Balaban J connectivity index is 1.38. The molecule has 1 aliphatic heterocycles. The van der Waals surface area contributed by atoms with Gasteiger partial charge in [-0.2, -0.15) is 0 Å². The summed E-state index contributed by atoms with van der Waals surface area (Å²) in [6, 6.07) is 9.98. The first-order valence-corrected chi connectivity index (χ1v) is 10.0. The molecule has 1 amide bonds. The molecule has 1 saturated heterocycles. The maximum absolute atomic E-state index is 12.9. The van der Waals surface area contributed by atoms with Crippen molar-refractivity contribution in [3.05, 3.63) is 72.1 Å². The number of ketones is 1. The number of piperidine rings is 1. The normalized spacial score (nSPS) is 16.8. The van der Waals surface area contributed by atoms with Crippen LogP contribution in [0.15, 0.2) is 55.0 Å². The van der Waals surface area contributed by atoms with Gasteiger partial charge in [-0.25, -0.2) is 9.67 Å². The zero-order chi connectivity index (χ0) is 20.9. The van der Waals surface area contributed by atoms with Gasteiger partial charge in [0.1, 0.15) is 0 Å². The van der Waals surface area contributed by atoms with Gasteiger partial charge in [0.05, 0.1) is 12.7 Å². The predicted octanol–water partition coefficient (Wildman–Crippen LogP) is 2.46. The maximum Gasteiger partial charge on any atom is 0.276 e. The molecule has 0 N–H and O–H groups in total. The monoisotopic (exact) mass is 404 g/mol. The van der Waals surface area contributed by atoms with Crippen molar-refractivity contribution in [1.82, 2.24) is 29.4 Å². The molecule has 1 fully saturated rings. The lowest BCUT2D eigenvalue weighted by Crippen LogP contribution is -2.42. The van der Waals surface area contributed by atoms with Gasteiger partial charge in [0.25, 0.3) is 5.91 Å². The number of aromatic nitrogens is 5. The minimum atomic E-state index is -0.243. The van der Waals surface area contributed by atoms with Crippen molar-refractivity contribution in [2.45, 2.75) is 19.4 Å². The lowest BCUT2D eigenvalue weighted by atomic mass is 9.93. The summed E-state index contributed by atoms with van der Waals surface area (Å²) < 4.78 is 3.35. The molecule has 0 unspecified atom stereocenters. The van der Waals surface area contributed by atoms with Gasteiger partial charge in [0.2, 0.25) is 5.78 Å². The first-order valence-electron chi connectivity index (χ1n) is 10.0. The van der Waals surface area contributed by atoms with E-state index in [1.807, 2.05) is 42.5 Å². The number of rotatable bonds is 6. The van der Waals surface area contributed by atoms with Gasteiger partial charge in [0.15, 0.2) is 11.5 Å². The highest BCUT2D eigenvalue weighted by molar-refractivity contribution is 5.96. The van der Waals surface area contributed by atoms with Crippen molar-refractivity contribution >= 4 is 17.8 Å². The van der Waals surface area contributed by atoms with Crippen molar-refractivity contribution in [3.63, 3.8) is 0 Å². The van der Waals surface area contributed by atoms with Crippen LogP contribution in [0.1, 0.15) is 39.5 Å². The number of likely N-dealkylation sites (tertiary alicyclic amines) is 1. The maximum atomic E-state index is 12.9. The van der Waals surface area contributed by atoms with E-state index in [-0.39, 0.29) is 17.6 Å². The van der Waals surface area contributed by atoms with Crippen LogP contribution >= 0.6 is 0 Å². The Kier molecular flexibility index (Phi) is 5.83. The molecule has 3 aromatic rings. The van der Waals surface area contributed by atoms with Gasteiger partial charge in [-0.05, 0) is 18.4 Å². The van der Waals surface area contributed by atoms with Crippen molar-refractivity contribution in [2.24, 2.45) is 13.0 Å². The minimum absolute atomic E-state index is 0.0188. The van der Waals surface area contributed by atoms with E-state index in [9.17, 15) is 9.59 Å². The molecule has 1 atom stereocenters. The van der Waals surface area contributed by atoms with Crippen LogP contribution in [0, 0.1) is 5.92 Å². The third-order valence-corrected chi connectivity index (χ3v) is 5.28. The smallest absolute Gasteiger partial charge is 0.276 e. The van der Waals surface area contributed by atoms with Gasteiger partial charge in [-0.3, -0.25) is 9.59 Å². The van der Waals surface area contributed by atoms with Gasteiger partial charge in [-0.1, -0.05) is 47.7 Å². The molecule has 30 heavy (non-hydrogen) atoms. The van der Waals surface area contributed by atoms with Crippen molar-refractivity contribution in [3.8, 4) is 0 Å². The first kappa shape index (κ1) is 19.8. The average molecular weight is 404 g/mol. The number of hydrogen-bond donors (Lipinski definition) is 0. The number of Topliss-reactive ketones (excluding diaryl/α,β-unsaturated/α-hetero) is 1. The van der Waals surface area contributed by atoms with Gasteiger partial charge in [0, 0.05) is 38.4 Å². The van der Waals surface area contributed by atoms with Crippen molar-refractivity contribution in [1.29, 1.82) is 0 Å². The average Bonchev–Trinajstić information content (AvgIpc) is 3.43. The highest BCUT2D eigenvalue weighted by atomic mass is 16.2. The van der Waals surface area contributed by atoms with E-state index in [1.54, 1.807) is 39.8 Å². The number of allylic oxidation sites excluding steroid dienone is 1. The number of carbonyl (C=O) groups excluding carboxylic acids is 2. The van der Waals surface area contributed by atoms with Gasteiger partial charge in [-0.15, -0.1) is 5.10 Å². The lowest BCUT2D eigenvalue weighted by molar-refractivity contribution is 0.0628. The first-order chi connectivity index (χ1) is 14.6. The van der Waals surface area contributed by atoms with Crippen LogP contribution in [-0.4, -0.2) is 54.2 Å². The summed E-state index contributed by atoms with van der Waals surface area (Å²) >= 11 is 0. The number of imidazole rings is 1. The summed E-state index contributed by atoms with van der Waals surface area (Å²) in [6.07, 6.45) is 10.5. The SMILES string of the molecule is Cn1ccnc1C(=O)[C@@H]1CCCN(C(=O)c2cn(C/C=C/c3ccccc3)nn2)C1. The Labute approximate surface area is 174 Å². The van der Waals surface area contributed by atoms with E-state index in [0.29, 0.717) is 31.2 Å². The standard InChI is InChI=1S/C22H24N6O2/c1-26-14-11-23-21(26)20(29)18-10-6-12-27(15-18)22(30)19-16-28(25-24-19)13-5-9-17-7-3-2-4-8-17/h2-5,7-9,11,14,16,18H,6,10,12-13,15H2,1H3/b9-5+/t18-/m1/s1. The van der Waals surface area contributed by atoms with E-state index in [0.717, 1.165) is 18.4 Å². The fourth-order valence-corrected chi connectivity index (χ4v) is 3.67. The molecule has 8 nitrogen and oxygen atoms in total. The Hall–Kier alpha value is -3.55. The summed E-state index contributed by atoms with van der Waals surface area (Å²) in [5.74, 6) is -0.0153. The fourth-order valence-electron chi connectivity index (χ4n) is 3.67. The number of benzene rings is 1. The molecule has 0 spiro atoms. The second-order valence-corrected chi connectivity index (χ2v) is 7.46. The second-order valence-electron chi connectivity index (χ2n) is 7.46. The lowest BCUT2D eigenvalue weighted by Gasteiger charge is -2.31. The molecule has 0 bridgehead atoms. The van der Waals surface area contributed by atoms with Gasteiger partial charge < -0.3 is 9.47 Å². The number of hydrogen-bond acceptors (Lipinski definition) is 5. The number of amides is 1. The van der Waals surface area contributed by atoms with E-state index in [4.69, 9.17) is 0 Å². The molecule has 1 aliphatic rings. The van der Waals surface area contributed by atoms with Crippen LogP contribution in [0.5, 0.6) is 0 Å². The van der Waals surface area contributed by atoms with Crippen molar-refractivity contribution < 1.29 is 9.59 Å². The third-order valence-electron chi connectivity index (χ3n) is 5.28. The van der Waals surface area contributed by atoms with E-state index in [1.165, 1.54) is 0 Å². The number of aryl methyl sites for hydroxylation is 1. The molecule has 3 heterocycles. The highest BCUT2D eigenvalue weighted by Gasteiger charge is 2.31. The fraction of sp³-hybridized carbons (Fsp3) is 0.318. The quantitative estimate of drug-likeness (QED) is 0.589. The van der Waals surface area contributed by atoms with Crippen LogP contribution in [0.3, 0.4) is 0 Å². The van der Waals surface area contributed by atoms with Crippen LogP contribution in [0.25, 0.3) is 6.08 Å². The Morgan fingerprint density at radius 2 is 2.07 bits per heavy atom. The molecule has 0 saturated carbocycles. The Morgan fingerprint density at radius 1 is 1.23 bits per heavy atom. The molecule has 4 rings (SSSR count). The van der Waals surface area contributed by atoms with E-state index < -0.39 is 0 Å². The van der Waals surface area contributed by atoms with Crippen LogP contribution in [0.2, 0.25) is 0 Å². The van der Waals surface area contributed by atoms with Crippen LogP contribution < -0.4 is 0 Å². The topological polar surface area (TPSA) is 85.9 Å². The summed E-state index contributed by atoms with van der Waals surface area (Å²) in [5.41, 5.74) is 1.40. The van der Waals surface area contributed by atoms with E-state index in [2.05, 4.69) is 15.3 Å². The molecule has 1 aromatic carbocycles. The molecule has 0 aliphatic carbocycles. The molecular formula is C22H24N6O2. The molecule has 8 heteroatoms. The molecular weight excluding hydrogens is 380 g/mol.